The van der Waals surface area contributed by atoms with Crippen molar-refractivity contribution in [2.75, 3.05) is 19.7 Å². The zero-order valence-electron chi connectivity index (χ0n) is 13.1. The van der Waals surface area contributed by atoms with Gasteiger partial charge in [-0.3, -0.25) is 0 Å². The Hall–Kier alpha value is -1.83. The minimum atomic E-state index is -3.75. The third kappa shape index (κ3) is 3.33. The van der Waals surface area contributed by atoms with Gasteiger partial charge in [0.1, 0.15) is 11.6 Å². The molecule has 0 radical (unpaired) electrons. The second kappa shape index (κ2) is 6.58. The summed E-state index contributed by atoms with van der Waals surface area (Å²) in [6, 6.07) is 9.41. The third-order valence-corrected chi connectivity index (χ3v) is 6.05. The Kier molecular flexibility index (Phi) is 4.67. The van der Waals surface area contributed by atoms with Crippen molar-refractivity contribution >= 4 is 10.0 Å². The molecule has 1 heterocycles. The van der Waals surface area contributed by atoms with Crippen LogP contribution in [-0.2, 0) is 14.8 Å². The number of nitrogens with zero attached hydrogens (tertiary/aromatic N) is 1. The quantitative estimate of drug-likeness (QED) is 0.852. The molecule has 0 N–H and O–H groups in total. The summed E-state index contributed by atoms with van der Waals surface area (Å²) in [5.74, 6) is -0.835. The van der Waals surface area contributed by atoms with E-state index < -0.39 is 21.9 Å². The molecule has 3 rings (SSSR count). The van der Waals surface area contributed by atoms with E-state index in [0.29, 0.717) is 11.1 Å². The molecule has 2 aromatic carbocycles. The number of aryl methyl sites for hydroxylation is 1. The van der Waals surface area contributed by atoms with E-state index in [1.54, 1.807) is 19.1 Å². The zero-order chi connectivity index (χ0) is 17.3. The first-order valence-electron chi connectivity index (χ1n) is 7.51. The Balaban J connectivity index is 1.87. The summed E-state index contributed by atoms with van der Waals surface area (Å²) >= 11 is 0. The fourth-order valence-corrected chi connectivity index (χ4v) is 4.39. The van der Waals surface area contributed by atoms with Crippen LogP contribution in [0.4, 0.5) is 8.78 Å². The van der Waals surface area contributed by atoms with E-state index in [-0.39, 0.29) is 30.4 Å². The highest BCUT2D eigenvalue weighted by Crippen LogP contribution is 2.28. The van der Waals surface area contributed by atoms with Gasteiger partial charge in [-0.05, 0) is 48.4 Å². The molecule has 2 aromatic rings. The molecule has 1 aliphatic rings. The van der Waals surface area contributed by atoms with E-state index in [1.807, 2.05) is 0 Å². The molecule has 1 atom stereocenters. The lowest BCUT2D eigenvalue weighted by atomic mass is 10.1. The van der Waals surface area contributed by atoms with Crippen LogP contribution in [0.5, 0.6) is 0 Å². The first-order valence-corrected chi connectivity index (χ1v) is 8.95. The van der Waals surface area contributed by atoms with Crippen molar-refractivity contribution in [1.29, 1.82) is 0 Å². The van der Waals surface area contributed by atoms with E-state index >= 15 is 0 Å². The first kappa shape index (κ1) is 17.0. The Morgan fingerprint density at radius 3 is 2.42 bits per heavy atom. The fraction of sp³-hybridized carbons (Fsp3) is 0.294. The number of ether oxygens (including phenoxy) is 1. The SMILES string of the molecule is Cc1cc(F)ccc1S(=O)(=O)N1CCOC(c2ccc(F)cc2)C1. The van der Waals surface area contributed by atoms with Crippen LogP contribution in [-0.4, -0.2) is 32.4 Å². The molecule has 128 valence electrons. The van der Waals surface area contributed by atoms with Crippen LogP contribution in [0.25, 0.3) is 0 Å². The first-order chi connectivity index (χ1) is 11.4. The van der Waals surface area contributed by atoms with Crippen molar-refractivity contribution in [3.8, 4) is 0 Å². The largest absolute Gasteiger partial charge is 0.371 e. The van der Waals surface area contributed by atoms with Gasteiger partial charge in [-0.25, -0.2) is 17.2 Å². The molecule has 0 saturated carbocycles. The van der Waals surface area contributed by atoms with Crippen molar-refractivity contribution in [2.45, 2.75) is 17.9 Å². The average Bonchev–Trinajstić information content (AvgIpc) is 2.55. The predicted octanol–water partition coefficient (Wildman–Crippen LogP) is 3.04. The normalized spacial score (nSPS) is 19.4. The number of hydrogen-bond donors (Lipinski definition) is 0. The van der Waals surface area contributed by atoms with Crippen LogP contribution in [0.15, 0.2) is 47.4 Å². The van der Waals surface area contributed by atoms with Gasteiger partial charge in [-0.1, -0.05) is 12.1 Å². The number of hydrogen-bond acceptors (Lipinski definition) is 3. The molecule has 4 nitrogen and oxygen atoms in total. The molecule has 1 fully saturated rings. The monoisotopic (exact) mass is 353 g/mol. The molecule has 0 aliphatic carbocycles. The number of sulfonamides is 1. The number of benzene rings is 2. The van der Waals surface area contributed by atoms with Gasteiger partial charge in [0.05, 0.1) is 17.6 Å². The van der Waals surface area contributed by atoms with Gasteiger partial charge in [0.25, 0.3) is 0 Å². The number of halogens is 2. The number of morpholine rings is 1. The highest BCUT2D eigenvalue weighted by molar-refractivity contribution is 7.89. The van der Waals surface area contributed by atoms with Crippen LogP contribution in [0.2, 0.25) is 0 Å². The van der Waals surface area contributed by atoms with Crippen LogP contribution < -0.4 is 0 Å². The molecule has 1 saturated heterocycles. The summed E-state index contributed by atoms with van der Waals surface area (Å²) in [4.78, 5) is 0.0867. The smallest absolute Gasteiger partial charge is 0.243 e. The van der Waals surface area contributed by atoms with Gasteiger partial charge in [-0.2, -0.15) is 4.31 Å². The van der Waals surface area contributed by atoms with Crippen molar-refractivity contribution in [2.24, 2.45) is 0 Å². The maximum Gasteiger partial charge on any atom is 0.243 e. The molecule has 0 amide bonds. The molecule has 0 bridgehead atoms. The lowest BCUT2D eigenvalue weighted by molar-refractivity contribution is -0.00259. The van der Waals surface area contributed by atoms with Crippen LogP contribution in [0.3, 0.4) is 0 Å². The van der Waals surface area contributed by atoms with Gasteiger partial charge in [0.2, 0.25) is 10.0 Å². The van der Waals surface area contributed by atoms with Gasteiger partial charge < -0.3 is 4.74 Å². The fourth-order valence-electron chi connectivity index (χ4n) is 2.76. The van der Waals surface area contributed by atoms with E-state index in [4.69, 9.17) is 4.74 Å². The molecule has 0 aromatic heterocycles. The third-order valence-electron chi connectivity index (χ3n) is 4.03. The molecule has 7 heteroatoms. The Labute approximate surface area is 139 Å². The minimum Gasteiger partial charge on any atom is -0.371 e. The molecule has 1 unspecified atom stereocenters. The predicted molar refractivity (Wildman–Crippen MR) is 85.0 cm³/mol. The minimum absolute atomic E-state index is 0.0867. The van der Waals surface area contributed by atoms with Crippen LogP contribution in [0, 0.1) is 18.6 Å². The zero-order valence-corrected chi connectivity index (χ0v) is 13.9. The van der Waals surface area contributed by atoms with E-state index in [1.165, 1.54) is 28.6 Å². The van der Waals surface area contributed by atoms with Gasteiger partial charge >= 0.3 is 0 Å². The van der Waals surface area contributed by atoms with Crippen molar-refractivity contribution in [1.82, 2.24) is 4.31 Å². The summed E-state index contributed by atoms with van der Waals surface area (Å²) in [7, 11) is -3.75. The lowest BCUT2D eigenvalue weighted by Crippen LogP contribution is -2.42. The van der Waals surface area contributed by atoms with Gasteiger partial charge in [0, 0.05) is 13.1 Å². The Morgan fingerprint density at radius 1 is 1.08 bits per heavy atom. The highest BCUT2D eigenvalue weighted by Gasteiger charge is 2.32. The van der Waals surface area contributed by atoms with E-state index in [0.717, 1.165) is 6.07 Å². The van der Waals surface area contributed by atoms with Crippen molar-refractivity contribution in [3.05, 3.63) is 65.2 Å². The second-order valence-electron chi connectivity index (χ2n) is 5.68. The maximum absolute atomic E-state index is 13.2. The van der Waals surface area contributed by atoms with E-state index in [2.05, 4.69) is 0 Å². The summed E-state index contributed by atoms with van der Waals surface area (Å²) in [5, 5.41) is 0. The number of rotatable bonds is 3. The molecular weight excluding hydrogens is 336 g/mol. The van der Waals surface area contributed by atoms with Crippen molar-refractivity contribution in [3.63, 3.8) is 0 Å². The average molecular weight is 353 g/mol. The van der Waals surface area contributed by atoms with Crippen LogP contribution >= 0.6 is 0 Å². The molecule has 24 heavy (non-hydrogen) atoms. The molecule has 0 spiro atoms. The Bertz CT molecular complexity index is 837. The standard InChI is InChI=1S/C17H17F2NO3S/c1-12-10-15(19)6-7-17(12)24(21,22)20-8-9-23-16(11-20)13-2-4-14(18)5-3-13/h2-7,10,16H,8-9,11H2,1H3. The van der Waals surface area contributed by atoms with Gasteiger partial charge in [0.15, 0.2) is 0 Å². The Morgan fingerprint density at radius 2 is 1.75 bits per heavy atom. The summed E-state index contributed by atoms with van der Waals surface area (Å²) < 4.78 is 58.9. The molecular formula is C17H17F2NO3S. The topological polar surface area (TPSA) is 46.6 Å². The maximum atomic E-state index is 13.2. The van der Waals surface area contributed by atoms with E-state index in [9.17, 15) is 17.2 Å². The van der Waals surface area contributed by atoms with Gasteiger partial charge in [-0.15, -0.1) is 0 Å². The highest BCUT2D eigenvalue weighted by atomic mass is 32.2. The summed E-state index contributed by atoms with van der Waals surface area (Å²) in [6.07, 6.45) is -0.463. The summed E-state index contributed by atoms with van der Waals surface area (Å²) in [6.45, 7) is 2.15. The summed E-state index contributed by atoms with van der Waals surface area (Å²) in [5.41, 5.74) is 1.08. The van der Waals surface area contributed by atoms with Crippen LogP contribution in [0.1, 0.15) is 17.2 Å². The molecule has 1 aliphatic heterocycles. The lowest BCUT2D eigenvalue weighted by Gasteiger charge is -2.32. The second-order valence-corrected chi connectivity index (χ2v) is 7.59. The van der Waals surface area contributed by atoms with Crippen molar-refractivity contribution < 1.29 is 21.9 Å².